The highest BCUT2D eigenvalue weighted by atomic mass is 16.5. The summed E-state index contributed by atoms with van der Waals surface area (Å²) in [6.45, 7) is 10.0. The maximum Gasteiger partial charge on any atom is 0.272 e. The van der Waals surface area contributed by atoms with Crippen molar-refractivity contribution >= 4 is 23.9 Å². The van der Waals surface area contributed by atoms with Gasteiger partial charge in [-0.05, 0) is 67.2 Å². The lowest BCUT2D eigenvalue weighted by Crippen LogP contribution is -2.34. The molecule has 34 heavy (non-hydrogen) atoms. The maximum absolute atomic E-state index is 13.4. The van der Waals surface area contributed by atoms with Gasteiger partial charge in [-0.25, -0.2) is 9.50 Å². The van der Waals surface area contributed by atoms with Crippen molar-refractivity contribution in [1.29, 1.82) is 0 Å². The molecule has 3 rings (SSSR count). The van der Waals surface area contributed by atoms with E-state index in [1.807, 2.05) is 29.2 Å². The summed E-state index contributed by atoms with van der Waals surface area (Å²) in [4.78, 5) is 31.1. The van der Waals surface area contributed by atoms with Gasteiger partial charge in [0.25, 0.3) is 5.91 Å². The van der Waals surface area contributed by atoms with Gasteiger partial charge < -0.3 is 9.64 Å². The van der Waals surface area contributed by atoms with E-state index in [0.29, 0.717) is 47.5 Å². The SMILES string of the molecule is COc1ccc(-c2nn3ccc(C(=O)N(CCC(C)C)CCC(C)C)nc3c2/C=C/C=O)cc1. The predicted molar refractivity (Wildman–Crippen MR) is 135 cm³/mol. The Bertz CT molecular complexity index is 1130. The van der Waals surface area contributed by atoms with Crippen LogP contribution in [0, 0.1) is 11.8 Å². The second-order valence-corrected chi connectivity index (χ2v) is 9.22. The van der Waals surface area contributed by atoms with Gasteiger partial charge in [-0.2, -0.15) is 5.10 Å². The van der Waals surface area contributed by atoms with Gasteiger partial charge in [0.2, 0.25) is 0 Å². The number of rotatable bonds is 11. The monoisotopic (exact) mass is 462 g/mol. The van der Waals surface area contributed by atoms with Gasteiger partial charge in [-0.3, -0.25) is 9.59 Å². The lowest BCUT2D eigenvalue weighted by molar-refractivity contribution is -0.104. The fraction of sp³-hybridized carbons (Fsp3) is 0.407. The van der Waals surface area contributed by atoms with Crippen molar-refractivity contribution in [2.45, 2.75) is 40.5 Å². The molecule has 0 saturated carbocycles. The summed E-state index contributed by atoms with van der Waals surface area (Å²) in [6, 6.07) is 9.24. The zero-order valence-corrected chi connectivity index (χ0v) is 20.7. The summed E-state index contributed by atoms with van der Waals surface area (Å²) in [5, 5.41) is 4.68. The third-order valence-electron chi connectivity index (χ3n) is 5.68. The van der Waals surface area contributed by atoms with Crippen molar-refractivity contribution in [3.8, 4) is 17.0 Å². The Morgan fingerprint density at radius 3 is 2.26 bits per heavy atom. The molecule has 1 amide bonds. The van der Waals surface area contributed by atoms with E-state index in [1.165, 1.54) is 6.08 Å². The lowest BCUT2D eigenvalue weighted by Gasteiger charge is -2.24. The van der Waals surface area contributed by atoms with Gasteiger partial charge in [0.15, 0.2) is 5.65 Å². The normalized spacial score (nSPS) is 11.6. The van der Waals surface area contributed by atoms with Crippen LogP contribution < -0.4 is 4.74 Å². The number of benzene rings is 1. The van der Waals surface area contributed by atoms with Crippen LogP contribution in [0.3, 0.4) is 0 Å². The van der Waals surface area contributed by atoms with Crippen molar-refractivity contribution in [3.63, 3.8) is 0 Å². The number of hydrogen-bond donors (Lipinski definition) is 0. The predicted octanol–water partition coefficient (Wildman–Crippen LogP) is 5.15. The molecule has 0 radical (unpaired) electrons. The smallest absolute Gasteiger partial charge is 0.272 e. The second-order valence-electron chi connectivity index (χ2n) is 9.22. The number of hydrogen-bond acceptors (Lipinski definition) is 5. The summed E-state index contributed by atoms with van der Waals surface area (Å²) in [6.07, 6.45) is 7.45. The lowest BCUT2D eigenvalue weighted by atomic mass is 10.1. The third-order valence-corrected chi connectivity index (χ3v) is 5.68. The largest absolute Gasteiger partial charge is 0.497 e. The molecule has 2 aromatic heterocycles. The Hall–Kier alpha value is -3.48. The number of allylic oxidation sites excluding steroid dienone is 1. The molecule has 180 valence electrons. The summed E-state index contributed by atoms with van der Waals surface area (Å²) in [5.74, 6) is 1.67. The molecule has 0 bridgehead atoms. The number of fused-ring (bicyclic) bond motifs is 1. The number of aromatic nitrogens is 3. The van der Waals surface area contributed by atoms with Crippen molar-refractivity contribution in [2.24, 2.45) is 11.8 Å². The zero-order valence-electron chi connectivity index (χ0n) is 20.7. The number of carbonyl (C=O) groups excluding carboxylic acids is 2. The van der Waals surface area contributed by atoms with E-state index in [0.717, 1.165) is 30.4 Å². The van der Waals surface area contributed by atoms with E-state index in [-0.39, 0.29) is 5.91 Å². The van der Waals surface area contributed by atoms with Crippen LogP contribution in [0.1, 0.15) is 56.6 Å². The zero-order chi connectivity index (χ0) is 24.7. The third kappa shape index (κ3) is 6.10. The van der Waals surface area contributed by atoms with E-state index in [4.69, 9.17) is 9.72 Å². The fourth-order valence-corrected chi connectivity index (χ4v) is 3.62. The topological polar surface area (TPSA) is 76.8 Å². The average Bonchev–Trinajstić information content (AvgIpc) is 3.19. The molecule has 3 aromatic rings. The fourth-order valence-electron chi connectivity index (χ4n) is 3.62. The van der Waals surface area contributed by atoms with Gasteiger partial charge in [0.1, 0.15) is 23.4 Å². The summed E-state index contributed by atoms with van der Waals surface area (Å²) >= 11 is 0. The number of nitrogens with zero attached hydrogens (tertiary/aromatic N) is 4. The highest BCUT2D eigenvalue weighted by molar-refractivity contribution is 5.93. The molecule has 0 aliphatic carbocycles. The first-order valence-corrected chi connectivity index (χ1v) is 11.8. The van der Waals surface area contributed by atoms with E-state index in [1.54, 1.807) is 30.0 Å². The Kier molecular flexibility index (Phi) is 8.57. The molecule has 0 N–H and O–H groups in total. The minimum absolute atomic E-state index is 0.0821. The van der Waals surface area contributed by atoms with Crippen LogP contribution in [0.15, 0.2) is 42.6 Å². The summed E-state index contributed by atoms with van der Waals surface area (Å²) in [7, 11) is 1.62. The Balaban J connectivity index is 2.02. The molecule has 7 nitrogen and oxygen atoms in total. The molecule has 0 unspecified atom stereocenters. The van der Waals surface area contributed by atoms with Crippen LogP contribution in [-0.2, 0) is 4.79 Å². The highest BCUT2D eigenvalue weighted by Crippen LogP contribution is 2.28. The number of amides is 1. The van der Waals surface area contributed by atoms with Gasteiger partial charge in [0.05, 0.1) is 7.11 Å². The number of ether oxygens (including phenoxy) is 1. The van der Waals surface area contributed by atoms with Crippen LogP contribution in [0.2, 0.25) is 0 Å². The first-order valence-electron chi connectivity index (χ1n) is 11.8. The molecule has 0 spiro atoms. The van der Waals surface area contributed by atoms with E-state index in [2.05, 4.69) is 32.8 Å². The molecule has 0 aliphatic rings. The molecule has 0 atom stereocenters. The molecule has 1 aromatic carbocycles. The summed E-state index contributed by atoms with van der Waals surface area (Å²) < 4.78 is 6.90. The number of methoxy groups -OCH3 is 1. The van der Waals surface area contributed by atoms with Crippen LogP contribution in [0.5, 0.6) is 5.75 Å². The van der Waals surface area contributed by atoms with E-state index >= 15 is 0 Å². The maximum atomic E-state index is 13.4. The Labute approximate surface area is 201 Å². The number of aldehydes is 1. The molecule has 0 aliphatic heterocycles. The Morgan fingerprint density at radius 1 is 1.06 bits per heavy atom. The van der Waals surface area contributed by atoms with Crippen molar-refractivity contribution in [2.75, 3.05) is 20.2 Å². The Morgan fingerprint density at radius 2 is 1.71 bits per heavy atom. The van der Waals surface area contributed by atoms with Crippen molar-refractivity contribution in [1.82, 2.24) is 19.5 Å². The van der Waals surface area contributed by atoms with Gasteiger partial charge in [-0.1, -0.05) is 27.7 Å². The second kappa shape index (κ2) is 11.6. The standard InChI is InChI=1S/C27H34N4O3/c1-19(2)12-15-30(16-13-20(3)4)27(33)24-14-17-31-26(28-24)23(7-6-18-32)25(29-31)21-8-10-22(34-5)11-9-21/h6-11,14,17-20H,12-13,15-16H2,1-5H3/b7-6+. The number of carbonyl (C=O) groups is 2. The first kappa shape index (κ1) is 25.1. The van der Waals surface area contributed by atoms with Crippen LogP contribution >= 0.6 is 0 Å². The van der Waals surface area contributed by atoms with Gasteiger partial charge in [-0.15, -0.1) is 0 Å². The van der Waals surface area contributed by atoms with Crippen molar-refractivity contribution in [3.05, 3.63) is 53.9 Å². The molecule has 0 saturated heterocycles. The van der Waals surface area contributed by atoms with E-state index < -0.39 is 0 Å². The molecule has 7 heteroatoms. The molecule has 2 heterocycles. The molecule has 0 fully saturated rings. The first-order chi connectivity index (χ1) is 16.3. The van der Waals surface area contributed by atoms with E-state index in [9.17, 15) is 9.59 Å². The minimum Gasteiger partial charge on any atom is -0.497 e. The van der Waals surface area contributed by atoms with Gasteiger partial charge in [0, 0.05) is 30.4 Å². The van der Waals surface area contributed by atoms with Crippen molar-refractivity contribution < 1.29 is 14.3 Å². The minimum atomic E-state index is -0.0821. The molecular formula is C27H34N4O3. The van der Waals surface area contributed by atoms with Crippen LogP contribution in [-0.4, -0.2) is 51.9 Å². The highest BCUT2D eigenvalue weighted by Gasteiger charge is 2.21. The van der Waals surface area contributed by atoms with Crippen LogP contribution in [0.25, 0.3) is 23.0 Å². The van der Waals surface area contributed by atoms with Crippen LogP contribution in [0.4, 0.5) is 0 Å². The quantitative estimate of drug-likeness (QED) is 0.291. The molecular weight excluding hydrogens is 428 g/mol. The van der Waals surface area contributed by atoms with Gasteiger partial charge >= 0.3 is 0 Å². The average molecular weight is 463 g/mol. The summed E-state index contributed by atoms with van der Waals surface area (Å²) in [5.41, 5.74) is 3.13.